The van der Waals surface area contributed by atoms with Gasteiger partial charge in [-0.25, -0.2) is 4.98 Å². The number of hydrogen-bond acceptors (Lipinski definition) is 7. The summed E-state index contributed by atoms with van der Waals surface area (Å²) in [6, 6.07) is 20.0. The summed E-state index contributed by atoms with van der Waals surface area (Å²) in [6.07, 6.45) is 2.04. The van der Waals surface area contributed by atoms with E-state index in [9.17, 15) is 4.79 Å². The average Bonchev–Trinajstić information content (AvgIpc) is 3.30. The van der Waals surface area contributed by atoms with Crippen LogP contribution in [0.15, 0.2) is 71.9 Å². The van der Waals surface area contributed by atoms with Crippen LogP contribution in [0, 0.1) is 11.3 Å². The number of rotatable bonds is 7. The minimum Gasteiger partial charge on any atom is -0.457 e. The van der Waals surface area contributed by atoms with Crippen LogP contribution in [0.25, 0.3) is 0 Å². The number of nitrogens with two attached hydrogens (primary N) is 2. The predicted octanol–water partition coefficient (Wildman–Crippen LogP) is 3.47. The molecule has 1 unspecified atom stereocenters. The van der Waals surface area contributed by atoms with Crippen molar-refractivity contribution < 1.29 is 14.3 Å². The van der Waals surface area contributed by atoms with E-state index in [1.54, 1.807) is 35.2 Å². The van der Waals surface area contributed by atoms with Gasteiger partial charge >= 0.3 is 0 Å². The smallest absolute Gasteiger partial charge is 0.236 e. The molecule has 9 heteroatoms. The summed E-state index contributed by atoms with van der Waals surface area (Å²) in [5.41, 5.74) is 12.8. The zero-order valence-electron chi connectivity index (χ0n) is 18.4. The maximum Gasteiger partial charge on any atom is 0.236 e. The molecule has 0 saturated carbocycles. The number of nitriles is 1. The van der Waals surface area contributed by atoms with Crippen LogP contribution in [0.1, 0.15) is 18.4 Å². The number of carbonyl (C=O) groups is 1. The zero-order valence-corrected chi connectivity index (χ0v) is 18.4. The van der Waals surface area contributed by atoms with Crippen LogP contribution in [-0.4, -0.2) is 40.8 Å². The second-order valence-corrected chi connectivity index (χ2v) is 7.69. The normalized spacial score (nSPS) is 15.6. The largest absolute Gasteiger partial charge is 0.457 e. The van der Waals surface area contributed by atoms with Crippen molar-refractivity contribution in [2.75, 3.05) is 18.8 Å². The van der Waals surface area contributed by atoms with E-state index in [-0.39, 0.29) is 30.0 Å². The number of hydrogen-bond donors (Lipinski definition) is 2. The number of amides is 1. The van der Waals surface area contributed by atoms with E-state index < -0.39 is 0 Å². The number of benzene rings is 2. The Morgan fingerprint density at radius 3 is 2.47 bits per heavy atom. The first-order chi connectivity index (χ1) is 16.5. The summed E-state index contributed by atoms with van der Waals surface area (Å²) in [7, 11) is 0. The highest BCUT2D eigenvalue weighted by atomic mass is 16.5. The molecule has 172 valence electrons. The maximum atomic E-state index is 11.9. The summed E-state index contributed by atoms with van der Waals surface area (Å²) in [5, 5.41) is 8.73. The number of aromatic nitrogens is 1. The van der Waals surface area contributed by atoms with Crippen LogP contribution in [0.3, 0.4) is 0 Å². The van der Waals surface area contributed by atoms with Crippen molar-refractivity contribution in [3.63, 3.8) is 0 Å². The van der Waals surface area contributed by atoms with Gasteiger partial charge in [-0.15, -0.1) is 0 Å². The molecule has 4 rings (SSSR count). The Kier molecular flexibility index (Phi) is 6.89. The third-order valence-corrected chi connectivity index (χ3v) is 5.30. The van der Waals surface area contributed by atoms with E-state index >= 15 is 0 Å². The number of nitrogens with zero attached hydrogens (tertiary/aromatic N) is 4. The molecule has 1 aliphatic rings. The molecule has 34 heavy (non-hydrogen) atoms. The van der Waals surface area contributed by atoms with E-state index in [0.717, 1.165) is 5.75 Å². The molecule has 1 fully saturated rings. The molecule has 0 spiro atoms. The van der Waals surface area contributed by atoms with Crippen molar-refractivity contribution in [3.8, 4) is 29.1 Å². The summed E-state index contributed by atoms with van der Waals surface area (Å²) in [4.78, 5) is 22.3. The van der Waals surface area contributed by atoms with Gasteiger partial charge in [0.15, 0.2) is 0 Å². The molecule has 1 saturated heterocycles. The Morgan fingerprint density at radius 1 is 1.09 bits per heavy atom. The topological polar surface area (TPSA) is 140 Å². The number of carbonyl (C=O) groups excluding carboxylic acids is 1. The fourth-order valence-corrected chi connectivity index (χ4v) is 3.64. The van der Waals surface area contributed by atoms with E-state index in [2.05, 4.69) is 9.98 Å². The van der Waals surface area contributed by atoms with Crippen molar-refractivity contribution in [3.05, 3.63) is 72.4 Å². The van der Waals surface area contributed by atoms with Gasteiger partial charge < -0.3 is 25.8 Å². The maximum absolute atomic E-state index is 11.9. The quantitative estimate of drug-likeness (QED) is 0.410. The summed E-state index contributed by atoms with van der Waals surface area (Å²) >= 11 is 0. The molecule has 0 aliphatic carbocycles. The number of aliphatic imine (C=N–C) groups is 1. The lowest BCUT2D eigenvalue weighted by molar-refractivity contribution is -0.129. The number of ether oxygens (including phenoxy) is 2. The van der Waals surface area contributed by atoms with Crippen LogP contribution in [0.2, 0.25) is 0 Å². The first-order valence-corrected chi connectivity index (χ1v) is 10.8. The monoisotopic (exact) mass is 456 g/mol. The first kappa shape index (κ1) is 22.6. The van der Waals surface area contributed by atoms with Crippen molar-refractivity contribution >= 4 is 17.6 Å². The molecule has 0 bridgehead atoms. The lowest BCUT2D eigenvalue weighted by Crippen LogP contribution is -2.29. The van der Waals surface area contributed by atoms with Gasteiger partial charge in [0.2, 0.25) is 5.91 Å². The standard InChI is InChI=1S/C25H24N6O3/c26-13-10-22(32)31-15-12-17(16-31)30-25(28)23-21(11-14-29-24(23)27)34-20-8-6-19(7-9-20)33-18-4-2-1-3-5-18/h1-9,11,14,17H,10,12,15-16H2,(H2,27,29)(H2,28,30). The summed E-state index contributed by atoms with van der Waals surface area (Å²) in [5.74, 6) is 2.57. The fourth-order valence-electron chi connectivity index (χ4n) is 3.64. The number of likely N-dealkylation sites (tertiary alicyclic amines) is 1. The third kappa shape index (κ3) is 5.42. The first-order valence-electron chi connectivity index (χ1n) is 10.8. The number of pyridine rings is 1. The van der Waals surface area contributed by atoms with Gasteiger partial charge in [-0.3, -0.25) is 9.79 Å². The zero-order chi connectivity index (χ0) is 23.9. The number of amidine groups is 1. The fraction of sp³-hybridized carbons (Fsp3) is 0.200. The third-order valence-electron chi connectivity index (χ3n) is 5.30. The van der Waals surface area contributed by atoms with Crippen molar-refractivity contribution in [1.29, 1.82) is 5.26 Å². The van der Waals surface area contributed by atoms with E-state index in [1.807, 2.05) is 36.4 Å². The Hall–Kier alpha value is -4.58. The Labute approximate surface area is 197 Å². The summed E-state index contributed by atoms with van der Waals surface area (Å²) in [6.45, 7) is 0.936. The molecule has 2 aromatic carbocycles. The van der Waals surface area contributed by atoms with E-state index in [4.69, 9.17) is 26.2 Å². The Bertz CT molecular complexity index is 1220. The van der Waals surface area contributed by atoms with Gasteiger partial charge in [-0.1, -0.05) is 18.2 Å². The van der Waals surface area contributed by atoms with Gasteiger partial charge in [0.1, 0.15) is 46.6 Å². The highest BCUT2D eigenvalue weighted by molar-refractivity contribution is 6.04. The summed E-state index contributed by atoms with van der Waals surface area (Å²) < 4.78 is 11.8. The molecule has 0 radical (unpaired) electrons. The van der Waals surface area contributed by atoms with Crippen molar-refractivity contribution in [1.82, 2.24) is 9.88 Å². The molecule has 1 aliphatic heterocycles. The van der Waals surface area contributed by atoms with Crippen LogP contribution in [0.5, 0.6) is 23.0 Å². The van der Waals surface area contributed by atoms with Crippen LogP contribution >= 0.6 is 0 Å². The second-order valence-electron chi connectivity index (χ2n) is 7.69. The predicted molar refractivity (Wildman–Crippen MR) is 128 cm³/mol. The highest BCUT2D eigenvalue weighted by Crippen LogP contribution is 2.30. The number of para-hydroxylation sites is 1. The average molecular weight is 457 g/mol. The van der Waals surface area contributed by atoms with Gasteiger partial charge in [0.25, 0.3) is 0 Å². The molecule has 1 atom stereocenters. The van der Waals surface area contributed by atoms with E-state index in [1.165, 1.54) is 6.20 Å². The van der Waals surface area contributed by atoms with Gasteiger partial charge in [0, 0.05) is 25.4 Å². The Morgan fingerprint density at radius 2 is 1.76 bits per heavy atom. The molecular weight excluding hydrogens is 432 g/mol. The Balaban J connectivity index is 1.48. The highest BCUT2D eigenvalue weighted by Gasteiger charge is 2.26. The van der Waals surface area contributed by atoms with Crippen LogP contribution < -0.4 is 20.9 Å². The molecule has 9 nitrogen and oxygen atoms in total. The molecule has 4 N–H and O–H groups in total. The van der Waals surface area contributed by atoms with Gasteiger partial charge in [0.05, 0.1) is 12.1 Å². The van der Waals surface area contributed by atoms with Crippen molar-refractivity contribution in [2.45, 2.75) is 18.9 Å². The van der Waals surface area contributed by atoms with Crippen molar-refractivity contribution in [2.24, 2.45) is 10.7 Å². The minimum atomic E-state index is -0.205. The SMILES string of the molecule is N#CCC(=O)N1CCC(N=C(N)c2c(Oc3ccc(Oc4ccccc4)cc3)ccnc2N)C1. The number of anilines is 1. The molecule has 3 aromatic rings. The minimum absolute atomic E-state index is 0.144. The van der Waals surface area contributed by atoms with Gasteiger partial charge in [-0.05, 0) is 42.8 Å². The molecule has 2 heterocycles. The number of nitrogen functional groups attached to an aromatic ring is 1. The van der Waals surface area contributed by atoms with Gasteiger partial charge in [-0.2, -0.15) is 5.26 Å². The molecular formula is C25H24N6O3. The molecule has 1 amide bonds. The lowest BCUT2D eigenvalue weighted by atomic mass is 10.2. The van der Waals surface area contributed by atoms with E-state index in [0.29, 0.717) is 42.3 Å². The van der Waals surface area contributed by atoms with Crippen LogP contribution in [0.4, 0.5) is 5.82 Å². The lowest BCUT2D eigenvalue weighted by Gasteiger charge is -2.15. The molecule has 1 aromatic heterocycles. The second kappa shape index (κ2) is 10.4. The van der Waals surface area contributed by atoms with Crippen LogP contribution in [-0.2, 0) is 4.79 Å².